The number of hydrogen-bond acceptors (Lipinski definition) is 1. The fourth-order valence-electron chi connectivity index (χ4n) is 3.09. The van der Waals surface area contributed by atoms with E-state index >= 15 is 0 Å². The van der Waals surface area contributed by atoms with Crippen molar-refractivity contribution in [2.24, 2.45) is 17.6 Å². The minimum atomic E-state index is 0.498. The third-order valence-electron chi connectivity index (χ3n) is 4.41. The average Bonchev–Trinajstić information content (AvgIpc) is 2.77. The first-order valence-electron chi connectivity index (χ1n) is 7.53. The number of hydrogen-bond donors (Lipinski definition) is 1. The Kier molecular flexibility index (Phi) is 7.11. The lowest BCUT2D eigenvalue weighted by Crippen LogP contribution is -2.28. The van der Waals surface area contributed by atoms with Crippen LogP contribution in [0.15, 0.2) is 0 Å². The van der Waals surface area contributed by atoms with Gasteiger partial charge in [-0.2, -0.15) is 0 Å². The maximum atomic E-state index is 6.31. The summed E-state index contributed by atoms with van der Waals surface area (Å²) >= 11 is 0. The van der Waals surface area contributed by atoms with Gasteiger partial charge in [0.25, 0.3) is 0 Å². The molecule has 1 heteroatoms. The van der Waals surface area contributed by atoms with Crippen LogP contribution in [0.2, 0.25) is 0 Å². The van der Waals surface area contributed by atoms with Gasteiger partial charge in [-0.25, -0.2) is 0 Å². The highest BCUT2D eigenvalue weighted by atomic mass is 14.7. The van der Waals surface area contributed by atoms with Gasteiger partial charge in [0.15, 0.2) is 0 Å². The lowest BCUT2D eigenvalue weighted by Gasteiger charge is -2.19. The van der Waals surface area contributed by atoms with Crippen molar-refractivity contribution in [1.29, 1.82) is 0 Å². The predicted molar refractivity (Wildman–Crippen MR) is 72.5 cm³/mol. The van der Waals surface area contributed by atoms with Gasteiger partial charge in [-0.05, 0) is 31.1 Å². The second-order valence-corrected chi connectivity index (χ2v) is 5.71. The number of unbranched alkanes of at least 4 members (excludes halogenated alkanes) is 4. The summed E-state index contributed by atoms with van der Waals surface area (Å²) in [6.07, 6.45) is 13.8. The van der Waals surface area contributed by atoms with Crippen molar-refractivity contribution in [3.8, 4) is 0 Å². The molecule has 0 spiro atoms. The minimum absolute atomic E-state index is 0.498. The molecule has 0 amide bonds. The summed E-state index contributed by atoms with van der Waals surface area (Å²) in [5.41, 5.74) is 6.31. The lowest BCUT2D eigenvalue weighted by molar-refractivity contribution is 0.378. The molecule has 3 atom stereocenters. The Morgan fingerprint density at radius 3 is 2.44 bits per heavy atom. The standard InChI is InChI=1S/C15H31N/c1-3-5-6-7-8-9-15(16)14-11-10-13(4-2)12-14/h13-15H,3-12,16H2,1-2H3. The monoisotopic (exact) mass is 225 g/mol. The summed E-state index contributed by atoms with van der Waals surface area (Å²) in [6.45, 7) is 4.60. The highest BCUT2D eigenvalue weighted by Crippen LogP contribution is 2.35. The van der Waals surface area contributed by atoms with Crippen LogP contribution in [0.25, 0.3) is 0 Å². The lowest BCUT2D eigenvalue weighted by atomic mass is 9.92. The maximum absolute atomic E-state index is 6.31. The first kappa shape index (κ1) is 14.0. The minimum Gasteiger partial charge on any atom is -0.327 e. The van der Waals surface area contributed by atoms with Crippen LogP contribution in [-0.2, 0) is 0 Å². The third-order valence-corrected chi connectivity index (χ3v) is 4.41. The molecule has 1 saturated carbocycles. The van der Waals surface area contributed by atoms with Gasteiger partial charge in [0.2, 0.25) is 0 Å². The SMILES string of the molecule is CCCCCCCC(N)C1CCC(CC)C1. The van der Waals surface area contributed by atoms with Gasteiger partial charge in [-0.1, -0.05) is 58.8 Å². The van der Waals surface area contributed by atoms with Crippen molar-refractivity contribution in [3.05, 3.63) is 0 Å². The highest BCUT2D eigenvalue weighted by Gasteiger charge is 2.27. The quantitative estimate of drug-likeness (QED) is 0.605. The number of nitrogens with two attached hydrogens (primary N) is 1. The topological polar surface area (TPSA) is 26.0 Å². The molecule has 0 aliphatic heterocycles. The first-order valence-corrected chi connectivity index (χ1v) is 7.53. The molecular formula is C15H31N. The summed E-state index contributed by atoms with van der Waals surface area (Å²) in [7, 11) is 0. The summed E-state index contributed by atoms with van der Waals surface area (Å²) in [4.78, 5) is 0. The molecule has 2 N–H and O–H groups in total. The second kappa shape index (κ2) is 8.11. The third kappa shape index (κ3) is 4.86. The van der Waals surface area contributed by atoms with Gasteiger partial charge in [0.05, 0.1) is 0 Å². The van der Waals surface area contributed by atoms with Crippen LogP contribution < -0.4 is 5.73 Å². The van der Waals surface area contributed by atoms with Crippen molar-refractivity contribution in [2.45, 2.75) is 84.1 Å². The van der Waals surface area contributed by atoms with E-state index in [-0.39, 0.29) is 0 Å². The fourth-order valence-corrected chi connectivity index (χ4v) is 3.09. The van der Waals surface area contributed by atoms with Gasteiger partial charge in [-0.15, -0.1) is 0 Å². The van der Waals surface area contributed by atoms with Crippen LogP contribution in [-0.4, -0.2) is 6.04 Å². The van der Waals surface area contributed by atoms with E-state index in [0.29, 0.717) is 6.04 Å². The zero-order chi connectivity index (χ0) is 11.8. The number of rotatable bonds is 8. The zero-order valence-electron chi connectivity index (χ0n) is 11.4. The van der Waals surface area contributed by atoms with Crippen LogP contribution in [0.5, 0.6) is 0 Å². The summed E-state index contributed by atoms with van der Waals surface area (Å²) in [5.74, 6) is 1.83. The molecule has 0 saturated heterocycles. The molecule has 0 heterocycles. The van der Waals surface area contributed by atoms with E-state index in [1.54, 1.807) is 0 Å². The smallest absolute Gasteiger partial charge is 0.00672 e. The zero-order valence-corrected chi connectivity index (χ0v) is 11.4. The van der Waals surface area contributed by atoms with Crippen LogP contribution in [0.3, 0.4) is 0 Å². The Morgan fingerprint density at radius 2 is 1.81 bits per heavy atom. The summed E-state index contributed by atoms with van der Waals surface area (Å²) < 4.78 is 0. The summed E-state index contributed by atoms with van der Waals surface area (Å²) in [5, 5.41) is 0. The molecule has 16 heavy (non-hydrogen) atoms. The van der Waals surface area contributed by atoms with Crippen LogP contribution in [0.1, 0.15) is 78.1 Å². The van der Waals surface area contributed by atoms with Crippen molar-refractivity contribution in [3.63, 3.8) is 0 Å². The highest BCUT2D eigenvalue weighted by molar-refractivity contribution is 4.82. The van der Waals surface area contributed by atoms with Crippen LogP contribution in [0, 0.1) is 11.8 Å². The van der Waals surface area contributed by atoms with E-state index in [0.717, 1.165) is 11.8 Å². The van der Waals surface area contributed by atoms with E-state index in [2.05, 4.69) is 13.8 Å². The molecule has 1 aliphatic carbocycles. The van der Waals surface area contributed by atoms with Gasteiger partial charge in [0.1, 0.15) is 0 Å². The Hall–Kier alpha value is -0.0400. The molecule has 1 aliphatic rings. The van der Waals surface area contributed by atoms with E-state index in [4.69, 9.17) is 5.73 Å². The molecule has 0 aromatic heterocycles. The molecule has 0 aromatic rings. The molecule has 1 nitrogen and oxygen atoms in total. The Morgan fingerprint density at radius 1 is 1.06 bits per heavy atom. The predicted octanol–water partition coefficient (Wildman–Crippen LogP) is 4.50. The first-order chi connectivity index (χ1) is 7.77. The molecule has 0 radical (unpaired) electrons. The Bertz CT molecular complexity index is 167. The van der Waals surface area contributed by atoms with Gasteiger partial charge in [0, 0.05) is 6.04 Å². The van der Waals surface area contributed by atoms with Gasteiger partial charge >= 0.3 is 0 Å². The summed E-state index contributed by atoms with van der Waals surface area (Å²) in [6, 6.07) is 0.498. The molecule has 0 bridgehead atoms. The van der Waals surface area contributed by atoms with Gasteiger partial charge < -0.3 is 5.73 Å². The Balaban J connectivity index is 2.04. The van der Waals surface area contributed by atoms with Crippen LogP contribution in [0.4, 0.5) is 0 Å². The van der Waals surface area contributed by atoms with E-state index < -0.39 is 0 Å². The van der Waals surface area contributed by atoms with Crippen molar-refractivity contribution >= 4 is 0 Å². The molecule has 3 unspecified atom stereocenters. The van der Waals surface area contributed by atoms with E-state index in [1.807, 2.05) is 0 Å². The largest absolute Gasteiger partial charge is 0.327 e. The van der Waals surface area contributed by atoms with E-state index in [9.17, 15) is 0 Å². The normalized spacial score (nSPS) is 27.2. The molecule has 1 rings (SSSR count). The van der Waals surface area contributed by atoms with Crippen molar-refractivity contribution in [1.82, 2.24) is 0 Å². The Labute approximate surface area is 102 Å². The second-order valence-electron chi connectivity index (χ2n) is 5.71. The van der Waals surface area contributed by atoms with Gasteiger partial charge in [-0.3, -0.25) is 0 Å². The van der Waals surface area contributed by atoms with E-state index in [1.165, 1.54) is 64.2 Å². The van der Waals surface area contributed by atoms with Crippen molar-refractivity contribution in [2.75, 3.05) is 0 Å². The molecule has 1 fully saturated rings. The maximum Gasteiger partial charge on any atom is 0.00672 e. The molecular weight excluding hydrogens is 194 g/mol. The molecule has 96 valence electrons. The van der Waals surface area contributed by atoms with Crippen molar-refractivity contribution < 1.29 is 0 Å². The van der Waals surface area contributed by atoms with Crippen LogP contribution >= 0.6 is 0 Å². The fraction of sp³-hybridized carbons (Fsp3) is 1.00. The molecule has 0 aromatic carbocycles. The average molecular weight is 225 g/mol.